The third-order valence-electron chi connectivity index (χ3n) is 3.01. The molecule has 0 saturated heterocycles. The summed E-state index contributed by atoms with van der Waals surface area (Å²) < 4.78 is 23.1. The summed E-state index contributed by atoms with van der Waals surface area (Å²) in [6, 6.07) is 5.06. The van der Waals surface area contributed by atoms with Crippen LogP contribution in [0.1, 0.15) is 19.4 Å². The fraction of sp³-hybridized carbons (Fsp3) is 0.500. The molecular weight excluding hydrogens is 306 g/mol. The maximum atomic E-state index is 11.6. The van der Waals surface area contributed by atoms with Gasteiger partial charge in [-0.2, -0.15) is 0 Å². The van der Waals surface area contributed by atoms with Crippen molar-refractivity contribution in [2.24, 2.45) is 0 Å². The number of benzene rings is 1. The second-order valence-electron chi connectivity index (χ2n) is 6.13. The van der Waals surface area contributed by atoms with Crippen molar-refractivity contribution in [1.82, 2.24) is 5.32 Å². The van der Waals surface area contributed by atoms with E-state index < -0.39 is 21.5 Å². The van der Waals surface area contributed by atoms with Gasteiger partial charge in [-0.3, -0.25) is 0 Å². The average Bonchev–Trinajstić information content (AvgIpc) is 2.23. The van der Waals surface area contributed by atoms with Crippen molar-refractivity contribution < 1.29 is 18.3 Å². The monoisotopic (exact) mass is 329 g/mol. The van der Waals surface area contributed by atoms with Crippen molar-refractivity contribution in [2.45, 2.75) is 25.1 Å². The summed E-state index contributed by atoms with van der Waals surface area (Å²) in [7, 11) is -1.42. The van der Waals surface area contributed by atoms with E-state index in [4.69, 9.17) is 10.8 Å². The van der Waals surface area contributed by atoms with Crippen molar-refractivity contribution in [3.05, 3.63) is 23.8 Å². The van der Waals surface area contributed by atoms with Gasteiger partial charge in [-0.25, -0.2) is 13.2 Å². The van der Waals surface area contributed by atoms with Crippen molar-refractivity contribution in [3.8, 4) is 0 Å². The van der Waals surface area contributed by atoms with Crippen LogP contribution in [-0.2, 0) is 15.6 Å². The number of carboxylic acid groups (broad SMARTS) is 1. The zero-order chi connectivity index (χ0) is 17.1. The Morgan fingerprint density at radius 1 is 1.41 bits per heavy atom. The summed E-state index contributed by atoms with van der Waals surface area (Å²) in [5, 5.41) is 11.3. The van der Waals surface area contributed by atoms with Crippen LogP contribution in [0.2, 0.25) is 0 Å². The molecule has 0 saturated carbocycles. The molecule has 1 amide bonds. The highest BCUT2D eigenvalue weighted by Gasteiger charge is 2.23. The number of carbonyl (C=O) groups is 1. The summed E-state index contributed by atoms with van der Waals surface area (Å²) in [5.74, 6) is -0.121. The molecule has 124 valence electrons. The zero-order valence-corrected chi connectivity index (χ0v) is 14.1. The van der Waals surface area contributed by atoms with Crippen LogP contribution >= 0.6 is 0 Å². The number of hydrogen-bond acceptors (Lipinski definition) is 5. The predicted molar refractivity (Wildman–Crippen MR) is 87.9 cm³/mol. The Morgan fingerprint density at radius 2 is 2.00 bits per heavy atom. The van der Waals surface area contributed by atoms with Gasteiger partial charge in [0.1, 0.15) is 0 Å². The molecule has 1 aromatic carbocycles. The first-order valence-corrected chi connectivity index (χ1v) is 8.74. The molecule has 0 aromatic heterocycles. The number of amides is 1. The second kappa shape index (κ2) is 6.43. The van der Waals surface area contributed by atoms with E-state index in [1.807, 2.05) is 4.90 Å². The Bertz CT molecular complexity index is 656. The maximum Gasteiger partial charge on any atom is 0.405 e. The standard InChI is InChI=1S/C14H23N3O4S/c1-14(2,16-13(18)19)9-17(3)12-6-5-11(15)7-10(12)8-22(4,20)21/h5-7,16H,8-9,15H2,1-4H3,(H,18,19). The van der Waals surface area contributed by atoms with E-state index in [0.717, 1.165) is 6.26 Å². The number of anilines is 2. The highest BCUT2D eigenvalue weighted by molar-refractivity contribution is 7.89. The zero-order valence-electron chi connectivity index (χ0n) is 13.3. The van der Waals surface area contributed by atoms with Gasteiger partial charge in [-0.05, 0) is 37.6 Å². The predicted octanol–water partition coefficient (Wildman–Crippen LogP) is 1.30. The number of nitrogens with zero attached hydrogens (tertiary/aromatic N) is 1. The number of sulfone groups is 1. The molecule has 0 heterocycles. The summed E-state index contributed by atoms with van der Waals surface area (Å²) in [6.45, 7) is 3.89. The third kappa shape index (κ3) is 5.80. The number of rotatable bonds is 6. The third-order valence-corrected chi connectivity index (χ3v) is 3.85. The molecular formula is C14H23N3O4S. The van der Waals surface area contributed by atoms with Crippen LogP contribution in [0.3, 0.4) is 0 Å². The molecule has 0 aliphatic rings. The van der Waals surface area contributed by atoms with E-state index in [2.05, 4.69) is 5.32 Å². The lowest BCUT2D eigenvalue weighted by molar-refractivity contribution is 0.183. The normalized spacial score (nSPS) is 12.0. The number of likely N-dealkylation sites (N-methyl/N-ethyl adjacent to an activating group) is 1. The molecule has 0 fully saturated rings. The fourth-order valence-electron chi connectivity index (χ4n) is 2.38. The van der Waals surface area contributed by atoms with Gasteiger partial charge in [0.25, 0.3) is 0 Å². The smallest absolute Gasteiger partial charge is 0.405 e. The fourth-order valence-corrected chi connectivity index (χ4v) is 3.18. The molecule has 1 aromatic rings. The van der Waals surface area contributed by atoms with Crippen LogP contribution in [0.4, 0.5) is 16.2 Å². The summed E-state index contributed by atoms with van der Waals surface area (Å²) >= 11 is 0. The van der Waals surface area contributed by atoms with Crippen LogP contribution < -0.4 is 16.0 Å². The molecule has 0 aliphatic heterocycles. The molecule has 0 unspecified atom stereocenters. The van der Waals surface area contributed by atoms with Gasteiger partial charge in [0.15, 0.2) is 9.84 Å². The molecule has 0 spiro atoms. The average molecular weight is 329 g/mol. The SMILES string of the molecule is CN(CC(C)(C)NC(=O)O)c1ccc(N)cc1CS(C)(=O)=O. The number of nitrogens with one attached hydrogen (secondary N) is 1. The summed E-state index contributed by atoms with van der Waals surface area (Å²) in [6.07, 6.45) is 0.0580. The van der Waals surface area contributed by atoms with Crippen LogP contribution in [0.25, 0.3) is 0 Å². The molecule has 0 aliphatic carbocycles. The molecule has 8 heteroatoms. The lowest BCUT2D eigenvalue weighted by Crippen LogP contribution is -2.50. The van der Waals surface area contributed by atoms with E-state index in [-0.39, 0.29) is 5.75 Å². The first kappa shape index (κ1) is 18.1. The molecule has 4 N–H and O–H groups in total. The highest BCUT2D eigenvalue weighted by atomic mass is 32.2. The lowest BCUT2D eigenvalue weighted by Gasteiger charge is -2.32. The Balaban J connectivity index is 3.07. The van der Waals surface area contributed by atoms with Crippen LogP contribution in [0.15, 0.2) is 18.2 Å². The van der Waals surface area contributed by atoms with Crippen molar-refractivity contribution >= 4 is 27.3 Å². The topological polar surface area (TPSA) is 113 Å². The van der Waals surface area contributed by atoms with Crippen molar-refractivity contribution in [3.63, 3.8) is 0 Å². The quantitative estimate of drug-likeness (QED) is 0.678. The van der Waals surface area contributed by atoms with E-state index >= 15 is 0 Å². The Hall–Kier alpha value is -1.96. The van der Waals surface area contributed by atoms with E-state index in [1.165, 1.54) is 0 Å². The van der Waals surface area contributed by atoms with Gasteiger partial charge in [-0.15, -0.1) is 0 Å². The molecule has 22 heavy (non-hydrogen) atoms. The van der Waals surface area contributed by atoms with E-state index in [0.29, 0.717) is 23.5 Å². The second-order valence-corrected chi connectivity index (χ2v) is 8.27. The summed E-state index contributed by atoms with van der Waals surface area (Å²) in [5.41, 5.74) is 6.83. The van der Waals surface area contributed by atoms with Gasteiger partial charge < -0.3 is 21.1 Å². The van der Waals surface area contributed by atoms with Crippen LogP contribution in [0, 0.1) is 0 Å². The minimum absolute atomic E-state index is 0.121. The van der Waals surface area contributed by atoms with Gasteiger partial charge >= 0.3 is 6.09 Å². The number of nitrogens with two attached hydrogens (primary N) is 1. The summed E-state index contributed by atoms with van der Waals surface area (Å²) in [4.78, 5) is 12.6. The van der Waals surface area contributed by atoms with Gasteiger partial charge in [-0.1, -0.05) is 0 Å². The van der Waals surface area contributed by atoms with E-state index in [9.17, 15) is 13.2 Å². The molecule has 7 nitrogen and oxygen atoms in total. The van der Waals surface area contributed by atoms with Crippen LogP contribution in [0.5, 0.6) is 0 Å². The Morgan fingerprint density at radius 3 is 2.50 bits per heavy atom. The highest BCUT2D eigenvalue weighted by Crippen LogP contribution is 2.25. The van der Waals surface area contributed by atoms with Gasteiger partial charge in [0.05, 0.1) is 11.3 Å². The van der Waals surface area contributed by atoms with Crippen LogP contribution in [-0.4, -0.2) is 45.0 Å². The minimum atomic E-state index is -3.20. The number of hydrogen-bond donors (Lipinski definition) is 3. The number of nitrogen functional groups attached to an aromatic ring is 1. The Kier molecular flexibility index (Phi) is 5.29. The first-order valence-electron chi connectivity index (χ1n) is 6.68. The van der Waals surface area contributed by atoms with E-state index in [1.54, 1.807) is 39.1 Å². The molecule has 0 bridgehead atoms. The Labute approximate surface area is 131 Å². The van der Waals surface area contributed by atoms with Crippen molar-refractivity contribution in [2.75, 3.05) is 30.5 Å². The minimum Gasteiger partial charge on any atom is -0.465 e. The lowest BCUT2D eigenvalue weighted by atomic mass is 10.0. The molecule has 0 atom stereocenters. The largest absolute Gasteiger partial charge is 0.465 e. The van der Waals surface area contributed by atoms with Gasteiger partial charge in [0, 0.05) is 31.2 Å². The van der Waals surface area contributed by atoms with Gasteiger partial charge in [0.2, 0.25) is 0 Å². The maximum absolute atomic E-state index is 11.6. The first-order chi connectivity index (χ1) is 9.89. The molecule has 0 radical (unpaired) electrons. The van der Waals surface area contributed by atoms with Crippen molar-refractivity contribution in [1.29, 1.82) is 0 Å². The molecule has 1 rings (SSSR count).